The van der Waals surface area contributed by atoms with Gasteiger partial charge >= 0.3 is 0 Å². The number of carbonyl (C=O) groups excluding carboxylic acids is 2. The molecule has 1 unspecified atom stereocenters. The quantitative estimate of drug-likeness (QED) is 0.376. The summed E-state index contributed by atoms with van der Waals surface area (Å²) in [5, 5.41) is 16.1. The third kappa shape index (κ3) is 5.65. The lowest BCUT2D eigenvalue weighted by Crippen LogP contribution is -2.46. The van der Waals surface area contributed by atoms with Crippen molar-refractivity contribution in [3.63, 3.8) is 0 Å². The Morgan fingerprint density at radius 2 is 2.05 bits per heavy atom. The van der Waals surface area contributed by atoms with Crippen LogP contribution in [-0.4, -0.2) is 63.7 Å². The van der Waals surface area contributed by atoms with Crippen molar-refractivity contribution in [3.05, 3.63) is 75.7 Å². The van der Waals surface area contributed by atoms with Crippen molar-refractivity contribution in [2.75, 3.05) is 25.1 Å². The molecule has 9 nitrogen and oxygen atoms in total. The number of hydrogen-bond donors (Lipinski definition) is 3. The average molecular weight is 568 g/mol. The minimum absolute atomic E-state index is 0.0717. The fraction of sp³-hybridized carbons (Fsp3) is 0.379. The van der Waals surface area contributed by atoms with Crippen molar-refractivity contribution in [1.29, 1.82) is 0 Å². The Bertz CT molecular complexity index is 1430. The van der Waals surface area contributed by atoms with Gasteiger partial charge in [0.2, 0.25) is 11.9 Å². The predicted molar refractivity (Wildman–Crippen MR) is 148 cm³/mol. The standard InChI is InChI=1S/C29H31ClFN5O4/c1-16-4-3-5-18(12-16)23(15-37)34-27(38)17(2)36-14-19-6-7-21(25(31)24(19)28(36)39)26-22(30)13-32-29(35-26)33-20-8-10-40-11-9-20/h3-7,12-13,17,20,23,37H,8-11,14-15H2,1-2H3,(H,34,38)(H,32,33,35)/t17?,23-/m1/s1. The molecule has 5 rings (SSSR count). The highest BCUT2D eigenvalue weighted by Crippen LogP contribution is 2.35. The summed E-state index contributed by atoms with van der Waals surface area (Å²) >= 11 is 6.37. The van der Waals surface area contributed by atoms with Gasteiger partial charge in [0.15, 0.2) is 0 Å². The SMILES string of the molecule is Cc1cccc([C@@H](CO)NC(=O)C(C)N2Cc3ccc(-c4nc(NC5CCOCC5)ncc4Cl)c(F)c3C2=O)c1. The van der Waals surface area contributed by atoms with E-state index in [1.54, 1.807) is 19.1 Å². The molecule has 0 spiro atoms. The van der Waals surface area contributed by atoms with E-state index in [0.717, 1.165) is 24.0 Å². The van der Waals surface area contributed by atoms with E-state index in [2.05, 4.69) is 20.6 Å². The average Bonchev–Trinajstić information content (AvgIpc) is 3.30. The van der Waals surface area contributed by atoms with E-state index in [4.69, 9.17) is 16.3 Å². The van der Waals surface area contributed by atoms with Gasteiger partial charge in [-0.15, -0.1) is 0 Å². The number of halogens is 2. The number of carbonyl (C=O) groups is 2. The van der Waals surface area contributed by atoms with Crippen LogP contribution in [0.4, 0.5) is 10.3 Å². The van der Waals surface area contributed by atoms with Crippen LogP contribution in [0.1, 0.15) is 52.9 Å². The van der Waals surface area contributed by atoms with Gasteiger partial charge in [-0.1, -0.05) is 47.5 Å². The molecule has 3 aromatic rings. The highest BCUT2D eigenvalue weighted by Gasteiger charge is 2.37. The van der Waals surface area contributed by atoms with Gasteiger partial charge in [-0.2, -0.15) is 0 Å². The lowest BCUT2D eigenvalue weighted by atomic mass is 10.0. The molecule has 0 radical (unpaired) electrons. The molecule has 0 aliphatic carbocycles. The summed E-state index contributed by atoms with van der Waals surface area (Å²) < 4.78 is 21.3. The topological polar surface area (TPSA) is 117 Å². The molecule has 1 saturated heterocycles. The zero-order chi connectivity index (χ0) is 28.4. The molecule has 3 N–H and O–H groups in total. The van der Waals surface area contributed by atoms with Crippen molar-refractivity contribution in [2.24, 2.45) is 0 Å². The first kappa shape index (κ1) is 27.9. The van der Waals surface area contributed by atoms with Gasteiger partial charge in [-0.3, -0.25) is 9.59 Å². The number of aryl methyl sites for hydroxylation is 1. The molecule has 2 aromatic carbocycles. The maximum atomic E-state index is 15.9. The Labute approximate surface area is 236 Å². The van der Waals surface area contributed by atoms with Crippen LogP contribution < -0.4 is 10.6 Å². The minimum Gasteiger partial charge on any atom is -0.394 e. The Kier molecular flexibility index (Phi) is 8.30. The smallest absolute Gasteiger partial charge is 0.258 e. The summed E-state index contributed by atoms with van der Waals surface area (Å²) in [7, 11) is 0. The van der Waals surface area contributed by atoms with Crippen LogP contribution >= 0.6 is 11.6 Å². The molecular formula is C29H31ClFN5O4. The van der Waals surface area contributed by atoms with Gasteiger partial charge in [0.1, 0.15) is 11.9 Å². The van der Waals surface area contributed by atoms with Crippen LogP contribution in [0.2, 0.25) is 5.02 Å². The molecule has 1 fully saturated rings. The fourth-order valence-electron chi connectivity index (χ4n) is 5.08. The van der Waals surface area contributed by atoms with Gasteiger partial charge in [-0.05, 0) is 43.9 Å². The summed E-state index contributed by atoms with van der Waals surface area (Å²) in [6.07, 6.45) is 3.01. The number of hydrogen-bond acceptors (Lipinski definition) is 7. The summed E-state index contributed by atoms with van der Waals surface area (Å²) in [6.45, 7) is 4.54. The number of anilines is 1. The molecule has 11 heteroatoms. The minimum atomic E-state index is -0.903. The number of nitrogens with zero attached hydrogens (tertiary/aromatic N) is 3. The number of nitrogens with one attached hydrogen (secondary N) is 2. The number of aliphatic hydroxyl groups excluding tert-OH is 1. The highest BCUT2D eigenvalue weighted by atomic mass is 35.5. The maximum Gasteiger partial charge on any atom is 0.258 e. The van der Waals surface area contributed by atoms with Gasteiger partial charge in [0, 0.05) is 31.4 Å². The predicted octanol–water partition coefficient (Wildman–Crippen LogP) is 4.03. The molecule has 3 heterocycles. The van der Waals surface area contributed by atoms with Crippen molar-refractivity contribution < 1.29 is 23.8 Å². The number of benzene rings is 2. The largest absolute Gasteiger partial charge is 0.394 e. The normalized spacial score (nSPS) is 16.9. The van der Waals surface area contributed by atoms with E-state index in [-0.39, 0.29) is 41.0 Å². The van der Waals surface area contributed by atoms with Crippen LogP contribution in [0, 0.1) is 12.7 Å². The molecule has 210 valence electrons. The Morgan fingerprint density at radius 1 is 1.27 bits per heavy atom. The Morgan fingerprint density at radius 3 is 2.77 bits per heavy atom. The molecule has 0 saturated carbocycles. The van der Waals surface area contributed by atoms with E-state index in [0.29, 0.717) is 24.7 Å². The number of amides is 2. The van der Waals surface area contributed by atoms with Gasteiger partial charge in [0.25, 0.3) is 5.91 Å². The summed E-state index contributed by atoms with van der Waals surface area (Å²) in [5.41, 5.74) is 2.35. The van der Waals surface area contributed by atoms with Crippen LogP contribution in [0.15, 0.2) is 42.6 Å². The van der Waals surface area contributed by atoms with Crippen LogP contribution in [0.25, 0.3) is 11.3 Å². The molecule has 40 heavy (non-hydrogen) atoms. The second-order valence-corrected chi connectivity index (χ2v) is 10.6. The molecule has 0 bridgehead atoms. The lowest BCUT2D eigenvalue weighted by molar-refractivity contribution is -0.126. The number of fused-ring (bicyclic) bond motifs is 1. The number of aromatic nitrogens is 2. The molecule has 2 aliphatic heterocycles. The van der Waals surface area contributed by atoms with Crippen molar-refractivity contribution in [2.45, 2.75) is 51.4 Å². The Balaban J connectivity index is 1.35. The number of rotatable bonds is 8. The molecule has 1 aromatic heterocycles. The maximum absolute atomic E-state index is 15.9. The van der Waals surface area contributed by atoms with Crippen molar-refractivity contribution >= 4 is 29.4 Å². The second kappa shape index (κ2) is 11.9. The van der Waals surface area contributed by atoms with Crippen LogP contribution in [-0.2, 0) is 16.1 Å². The lowest BCUT2D eigenvalue weighted by Gasteiger charge is -2.26. The van der Waals surface area contributed by atoms with Crippen LogP contribution in [0.5, 0.6) is 0 Å². The first-order chi connectivity index (χ1) is 19.3. The third-order valence-electron chi connectivity index (χ3n) is 7.39. The molecule has 2 aliphatic rings. The first-order valence-electron chi connectivity index (χ1n) is 13.2. The van der Waals surface area contributed by atoms with E-state index < -0.39 is 29.7 Å². The zero-order valence-electron chi connectivity index (χ0n) is 22.3. The van der Waals surface area contributed by atoms with E-state index >= 15 is 4.39 Å². The van der Waals surface area contributed by atoms with E-state index in [1.165, 1.54) is 11.1 Å². The summed E-state index contributed by atoms with van der Waals surface area (Å²) in [5.74, 6) is -1.48. The second-order valence-electron chi connectivity index (χ2n) is 10.1. The van der Waals surface area contributed by atoms with Gasteiger partial charge in [-0.25, -0.2) is 14.4 Å². The highest BCUT2D eigenvalue weighted by molar-refractivity contribution is 6.33. The van der Waals surface area contributed by atoms with Crippen molar-refractivity contribution in [1.82, 2.24) is 20.2 Å². The first-order valence-corrected chi connectivity index (χ1v) is 13.6. The molecule has 2 amide bonds. The van der Waals surface area contributed by atoms with Gasteiger partial charge < -0.3 is 25.4 Å². The van der Waals surface area contributed by atoms with Gasteiger partial charge in [0.05, 0.1) is 35.1 Å². The molecular weight excluding hydrogens is 537 g/mol. The van der Waals surface area contributed by atoms with E-state index in [9.17, 15) is 14.7 Å². The number of aliphatic hydroxyl groups is 1. The van der Waals surface area contributed by atoms with Crippen molar-refractivity contribution in [3.8, 4) is 11.3 Å². The zero-order valence-corrected chi connectivity index (χ0v) is 23.0. The van der Waals surface area contributed by atoms with Crippen LogP contribution in [0.3, 0.4) is 0 Å². The summed E-state index contributed by atoms with van der Waals surface area (Å²) in [4.78, 5) is 36.5. The molecule has 2 atom stereocenters. The number of ether oxygens (including phenoxy) is 1. The van der Waals surface area contributed by atoms with E-state index in [1.807, 2.05) is 31.2 Å². The fourth-order valence-corrected chi connectivity index (χ4v) is 5.27. The summed E-state index contributed by atoms with van der Waals surface area (Å²) in [6, 6.07) is 9.25. The third-order valence-corrected chi connectivity index (χ3v) is 7.66. The Hall–Kier alpha value is -3.60. The monoisotopic (exact) mass is 567 g/mol.